The van der Waals surface area contributed by atoms with Gasteiger partial charge in [0, 0.05) is 19.0 Å². The van der Waals surface area contributed by atoms with Gasteiger partial charge in [-0.3, -0.25) is 5.32 Å². The molecule has 1 aromatic heterocycles. The lowest BCUT2D eigenvalue weighted by molar-refractivity contribution is 0.0604. The number of urea groups is 1. The smallest absolute Gasteiger partial charge is 0.321 e. The summed E-state index contributed by atoms with van der Waals surface area (Å²) in [5.74, 6) is -0.493. The number of aromatic nitrogens is 1. The van der Waals surface area contributed by atoms with E-state index in [9.17, 15) is 9.18 Å². The predicted octanol–water partition coefficient (Wildman–Crippen LogP) is 3.42. The number of nitrogens with one attached hydrogen (secondary N) is 2. The Morgan fingerprint density at radius 1 is 1.42 bits per heavy atom. The molecule has 2 amide bonds. The summed E-state index contributed by atoms with van der Waals surface area (Å²) in [7, 11) is 1.60. The summed E-state index contributed by atoms with van der Waals surface area (Å²) in [6.45, 7) is 1.59. The van der Waals surface area contributed by atoms with Crippen molar-refractivity contribution in [3.8, 4) is 0 Å². The van der Waals surface area contributed by atoms with E-state index in [0.717, 1.165) is 5.69 Å². The van der Waals surface area contributed by atoms with Crippen LogP contribution in [0.25, 0.3) is 0 Å². The van der Waals surface area contributed by atoms with Gasteiger partial charge < -0.3 is 14.8 Å². The monoisotopic (exact) mass is 373 g/mol. The van der Waals surface area contributed by atoms with Crippen molar-refractivity contribution in [1.29, 1.82) is 0 Å². The van der Waals surface area contributed by atoms with Gasteiger partial charge in [0.15, 0.2) is 5.13 Å². The third kappa shape index (κ3) is 6.04. The first kappa shape index (κ1) is 18.6. The number of carbonyl (C=O) groups is 1. The minimum absolute atomic E-state index is 0.0211. The van der Waals surface area contributed by atoms with Gasteiger partial charge in [0.2, 0.25) is 0 Å². The lowest BCUT2D eigenvalue weighted by atomic mass is 10.2. The zero-order chi connectivity index (χ0) is 17.4. The molecule has 2 N–H and O–H groups in total. The van der Waals surface area contributed by atoms with Gasteiger partial charge in [-0.1, -0.05) is 17.7 Å². The minimum atomic E-state index is -0.493. The number of carbonyl (C=O) groups excluding carboxylic acids is 1. The highest BCUT2D eigenvalue weighted by Gasteiger charge is 2.07. The Labute approximate surface area is 147 Å². The highest BCUT2D eigenvalue weighted by atomic mass is 35.5. The van der Waals surface area contributed by atoms with Gasteiger partial charge in [-0.05, 0) is 17.7 Å². The molecule has 6 nitrogen and oxygen atoms in total. The molecule has 0 saturated heterocycles. The zero-order valence-corrected chi connectivity index (χ0v) is 14.5. The molecule has 9 heteroatoms. The minimum Gasteiger partial charge on any atom is -0.382 e. The van der Waals surface area contributed by atoms with Crippen molar-refractivity contribution in [2.24, 2.45) is 0 Å². The summed E-state index contributed by atoms with van der Waals surface area (Å²) >= 11 is 6.99. The van der Waals surface area contributed by atoms with Gasteiger partial charge in [0.05, 0.1) is 30.5 Å². The highest BCUT2D eigenvalue weighted by molar-refractivity contribution is 7.13. The SMILES string of the molecule is COCCOCc1csc(NC(=O)NCc2ccc(F)c(Cl)c2)n1. The normalized spacial score (nSPS) is 10.6. The number of hydrogen-bond donors (Lipinski definition) is 2. The number of anilines is 1. The fourth-order valence-electron chi connectivity index (χ4n) is 1.72. The van der Waals surface area contributed by atoms with Crippen LogP contribution in [0.2, 0.25) is 5.02 Å². The Hall–Kier alpha value is -1.74. The molecule has 0 atom stereocenters. The van der Waals surface area contributed by atoms with Crippen LogP contribution in [0.1, 0.15) is 11.3 Å². The number of halogens is 2. The van der Waals surface area contributed by atoms with Crippen LogP contribution in [0.15, 0.2) is 23.6 Å². The molecular weight excluding hydrogens is 357 g/mol. The van der Waals surface area contributed by atoms with E-state index in [0.29, 0.717) is 30.5 Å². The molecule has 130 valence electrons. The van der Waals surface area contributed by atoms with E-state index in [4.69, 9.17) is 21.1 Å². The Bertz CT molecular complexity index is 684. The van der Waals surface area contributed by atoms with Crippen LogP contribution in [-0.2, 0) is 22.6 Å². The first-order valence-electron chi connectivity index (χ1n) is 7.08. The summed E-state index contributed by atoms with van der Waals surface area (Å²) in [6, 6.07) is 3.88. The second-order valence-electron chi connectivity index (χ2n) is 4.75. The second-order valence-corrected chi connectivity index (χ2v) is 6.01. The number of nitrogens with zero attached hydrogens (tertiary/aromatic N) is 1. The second kappa shape index (κ2) is 9.53. The standard InChI is InChI=1S/C15H17ClFN3O3S/c1-22-4-5-23-8-11-9-24-15(19-11)20-14(21)18-7-10-2-3-13(17)12(16)6-10/h2-3,6,9H,4-5,7-8H2,1H3,(H2,18,19,20,21). The van der Waals surface area contributed by atoms with Crippen LogP contribution >= 0.6 is 22.9 Å². The van der Waals surface area contributed by atoms with Crippen LogP contribution in [-0.4, -0.2) is 31.3 Å². The fraction of sp³-hybridized carbons (Fsp3) is 0.333. The van der Waals surface area contributed by atoms with Gasteiger partial charge >= 0.3 is 6.03 Å². The van der Waals surface area contributed by atoms with Gasteiger partial charge in [-0.2, -0.15) is 0 Å². The number of benzene rings is 1. The Balaban J connectivity index is 1.75. The number of thiazole rings is 1. The molecule has 1 aromatic carbocycles. The van der Waals surface area contributed by atoms with Crippen molar-refractivity contribution in [2.75, 3.05) is 25.6 Å². The van der Waals surface area contributed by atoms with Crippen molar-refractivity contribution < 1.29 is 18.7 Å². The molecule has 1 heterocycles. The molecule has 0 bridgehead atoms. The molecule has 24 heavy (non-hydrogen) atoms. The van der Waals surface area contributed by atoms with E-state index in [1.165, 1.54) is 23.5 Å². The van der Waals surface area contributed by atoms with Gasteiger partial charge in [0.25, 0.3) is 0 Å². The Morgan fingerprint density at radius 3 is 3.00 bits per heavy atom. The van der Waals surface area contributed by atoms with E-state index in [1.807, 2.05) is 5.38 Å². The number of amides is 2. The molecular formula is C15H17ClFN3O3S. The summed E-state index contributed by atoms with van der Waals surface area (Å²) in [5, 5.41) is 7.58. The van der Waals surface area contributed by atoms with Crippen LogP contribution < -0.4 is 10.6 Å². The Morgan fingerprint density at radius 2 is 2.25 bits per heavy atom. The lowest BCUT2D eigenvalue weighted by Gasteiger charge is -2.06. The fourth-order valence-corrected chi connectivity index (χ4v) is 2.62. The van der Waals surface area contributed by atoms with Crippen molar-refractivity contribution in [3.63, 3.8) is 0 Å². The summed E-state index contributed by atoms with van der Waals surface area (Å²) in [4.78, 5) is 16.1. The first-order chi connectivity index (χ1) is 11.6. The van der Waals surface area contributed by atoms with E-state index < -0.39 is 11.8 Å². The maximum absolute atomic E-state index is 13.1. The van der Waals surface area contributed by atoms with Crippen molar-refractivity contribution in [2.45, 2.75) is 13.2 Å². The third-order valence-electron chi connectivity index (χ3n) is 2.89. The topological polar surface area (TPSA) is 72.5 Å². The van der Waals surface area contributed by atoms with Crippen molar-refractivity contribution >= 4 is 34.1 Å². The molecule has 0 fully saturated rings. The van der Waals surface area contributed by atoms with E-state index in [1.54, 1.807) is 13.2 Å². The Kier molecular flexibility index (Phi) is 7.38. The number of methoxy groups -OCH3 is 1. The quantitative estimate of drug-likeness (QED) is 0.695. The largest absolute Gasteiger partial charge is 0.382 e. The third-order valence-corrected chi connectivity index (χ3v) is 3.99. The predicted molar refractivity (Wildman–Crippen MR) is 90.9 cm³/mol. The average Bonchev–Trinajstić information content (AvgIpc) is 3.00. The maximum Gasteiger partial charge on any atom is 0.321 e. The van der Waals surface area contributed by atoms with Crippen LogP contribution in [0.4, 0.5) is 14.3 Å². The zero-order valence-electron chi connectivity index (χ0n) is 13.0. The maximum atomic E-state index is 13.1. The summed E-state index contributed by atoms with van der Waals surface area (Å²) in [5.41, 5.74) is 1.43. The number of rotatable bonds is 8. The van der Waals surface area contributed by atoms with E-state index in [2.05, 4.69) is 15.6 Å². The molecule has 2 rings (SSSR count). The van der Waals surface area contributed by atoms with Gasteiger partial charge in [-0.25, -0.2) is 14.2 Å². The number of hydrogen-bond acceptors (Lipinski definition) is 5. The number of ether oxygens (including phenoxy) is 2. The van der Waals surface area contributed by atoms with Crippen molar-refractivity contribution in [1.82, 2.24) is 10.3 Å². The van der Waals surface area contributed by atoms with E-state index >= 15 is 0 Å². The molecule has 0 radical (unpaired) electrons. The average molecular weight is 374 g/mol. The first-order valence-corrected chi connectivity index (χ1v) is 8.34. The highest BCUT2D eigenvalue weighted by Crippen LogP contribution is 2.17. The van der Waals surface area contributed by atoms with Gasteiger partial charge in [0.1, 0.15) is 5.82 Å². The van der Waals surface area contributed by atoms with Crippen molar-refractivity contribution in [3.05, 3.63) is 45.7 Å². The molecule has 0 aliphatic rings. The molecule has 0 aliphatic carbocycles. The van der Waals surface area contributed by atoms with Crippen LogP contribution in [0, 0.1) is 5.82 Å². The van der Waals surface area contributed by atoms with Crippen LogP contribution in [0.5, 0.6) is 0 Å². The summed E-state index contributed by atoms with van der Waals surface area (Å²) in [6.07, 6.45) is 0. The molecule has 0 spiro atoms. The van der Waals surface area contributed by atoms with E-state index in [-0.39, 0.29) is 11.6 Å². The molecule has 0 unspecified atom stereocenters. The van der Waals surface area contributed by atoms with Crippen LogP contribution in [0.3, 0.4) is 0 Å². The molecule has 0 aliphatic heterocycles. The van der Waals surface area contributed by atoms with Gasteiger partial charge in [-0.15, -0.1) is 11.3 Å². The molecule has 0 saturated carbocycles. The summed E-state index contributed by atoms with van der Waals surface area (Å²) < 4.78 is 23.3. The molecule has 2 aromatic rings. The lowest BCUT2D eigenvalue weighted by Crippen LogP contribution is -2.28.